The van der Waals surface area contributed by atoms with Gasteiger partial charge in [-0.25, -0.2) is 31.5 Å². The summed E-state index contributed by atoms with van der Waals surface area (Å²) in [5.74, 6) is -0.658. The second kappa shape index (κ2) is 27.0. The van der Waals surface area contributed by atoms with Crippen molar-refractivity contribution in [2.45, 2.75) is 74.1 Å². The van der Waals surface area contributed by atoms with E-state index < -0.39 is 43.1 Å². The van der Waals surface area contributed by atoms with Gasteiger partial charge in [-0.15, -0.1) is 5.10 Å². The molecule has 2 atom stereocenters. The zero-order valence-electron chi connectivity index (χ0n) is 47.0. The molecule has 5 aromatic carbocycles. The monoisotopic (exact) mass is 1190 g/mol. The number of piperazine rings is 1. The zero-order chi connectivity index (χ0) is 58.8. The van der Waals surface area contributed by atoms with Gasteiger partial charge < -0.3 is 39.6 Å². The number of nitrogens with zero attached hydrogens (tertiary/aromatic N) is 8. The van der Waals surface area contributed by atoms with Gasteiger partial charge in [0.15, 0.2) is 22.3 Å². The van der Waals surface area contributed by atoms with Gasteiger partial charge >= 0.3 is 5.97 Å². The van der Waals surface area contributed by atoms with Crippen LogP contribution in [0.3, 0.4) is 0 Å². The molecule has 2 unspecified atom stereocenters. The van der Waals surface area contributed by atoms with E-state index >= 15 is 0 Å². The Labute approximate surface area is 488 Å². The number of aryl methyl sites for hydroxylation is 2. The quantitative estimate of drug-likeness (QED) is 0.0480. The van der Waals surface area contributed by atoms with Gasteiger partial charge in [0, 0.05) is 70.9 Å². The number of benzene rings is 5. The molecule has 83 heavy (non-hydrogen) atoms. The maximum Gasteiger partial charge on any atom is 0.304 e. The number of carboxylic acids is 1. The molecule has 2 aromatic heterocycles. The van der Waals surface area contributed by atoms with Crippen molar-refractivity contribution in [3.63, 3.8) is 0 Å². The van der Waals surface area contributed by atoms with Crippen LogP contribution >= 0.6 is 11.6 Å². The number of nitrogens with one attached hydrogen (secondary N) is 2. The maximum absolute atomic E-state index is 13.9. The summed E-state index contributed by atoms with van der Waals surface area (Å²) in [6, 6.07) is 30.6. The Hall–Kier alpha value is -7.25. The molecule has 4 heterocycles. The van der Waals surface area contributed by atoms with E-state index in [0.717, 1.165) is 49.5 Å². The van der Waals surface area contributed by atoms with Crippen LogP contribution in [0.15, 0.2) is 119 Å². The number of carbonyl (C=O) groups excluding carboxylic acids is 1. The number of sulfonamides is 1. The molecule has 9 rings (SSSR count). The number of hydrogen-bond donors (Lipinski definition) is 3. The lowest BCUT2D eigenvalue weighted by Gasteiger charge is -2.36. The van der Waals surface area contributed by atoms with E-state index in [1.54, 1.807) is 75.5 Å². The average molecular weight is 1190 g/mol. The molecule has 440 valence electrons. The molecule has 1 amide bonds. The van der Waals surface area contributed by atoms with Crippen molar-refractivity contribution < 1.29 is 50.5 Å². The second-order valence-corrected chi connectivity index (χ2v) is 25.6. The number of amides is 1. The van der Waals surface area contributed by atoms with Crippen molar-refractivity contribution in [2.75, 3.05) is 89.1 Å². The highest BCUT2D eigenvalue weighted by Gasteiger charge is 2.34. The van der Waals surface area contributed by atoms with Crippen LogP contribution in [0.2, 0.25) is 5.02 Å². The topological polar surface area (TPSA) is 250 Å². The molecule has 24 heteroatoms. The number of aliphatic carboxylic acids is 1. The van der Waals surface area contributed by atoms with Crippen LogP contribution < -0.4 is 25.0 Å². The predicted molar refractivity (Wildman–Crippen MR) is 315 cm³/mol. The van der Waals surface area contributed by atoms with Gasteiger partial charge in [0.1, 0.15) is 44.4 Å². The summed E-state index contributed by atoms with van der Waals surface area (Å²) in [7, 11) is -5.78. The number of halogens is 1. The van der Waals surface area contributed by atoms with Crippen LogP contribution in [0.25, 0.3) is 11.0 Å². The van der Waals surface area contributed by atoms with Crippen LogP contribution in [0.5, 0.6) is 11.5 Å². The summed E-state index contributed by atoms with van der Waals surface area (Å²) in [6.45, 7) is 12.9. The van der Waals surface area contributed by atoms with E-state index in [2.05, 4.69) is 65.0 Å². The summed E-state index contributed by atoms with van der Waals surface area (Å²) in [5.41, 5.74) is 6.28. The van der Waals surface area contributed by atoms with Crippen molar-refractivity contribution in [3.05, 3.63) is 148 Å². The number of ether oxygens (including phenoxy) is 4. The van der Waals surface area contributed by atoms with Crippen LogP contribution in [-0.2, 0) is 58.9 Å². The summed E-state index contributed by atoms with van der Waals surface area (Å²) in [4.78, 5) is 39.6. The largest absolute Gasteiger partial charge is 0.488 e. The molecular formula is C59H69ClN10O11S2. The highest BCUT2D eigenvalue weighted by atomic mass is 35.5. The molecule has 0 spiro atoms. The first-order valence-corrected chi connectivity index (χ1v) is 30.8. The maximum atomic E-state index is 13.9. The van der Waals surface area contributed by atoms with E-state index in [-0.39, 0.29) is 60.0 Å². The molecule has 7 aromatic rings. The number of aromatic nitrogens is 5. The van der Waals surface area contributed by atoms with Crippen LogP contribution in [0, 0.1) is 6.92 Å². The van der Waals surface area contributed by atoms with E-state index in [1.807, 2.05) is 32.0 Å². The Kier molecular flexibility index (Phi) is 19.6. The number of hydrogen-bond acceptors (Lipinski definition) is 17. The van der Waals surface area contributed by atoms with Gasteiger partial charge in [-0.2, -0.15) is 4.31 Å². The SMILES string of the molecule is Cc1ccc(C(CC(=O)O)c2cc(OCC(=O)NCCOCCOCCN3CCN(c4ccc(Cc5ncc(Cl)c(Nc6ccccc6S(=O)(=O)C(C)C)n5)cc4)CC3)c3c(c2)nnn3C)cc1CN1CC(C)Oc2ccccc2S1(=O)=O. The fraction of sp³-hybridized carbons (Fsp3) is 0.390. The Bertz CT molecular complexity index is 3660. The minimum Gasteiger partial charge on any atom is -0.488 e. The molecule has 3 N–H and O–H groups in total. The van der Waals surface area contributed by atoms with Gasteiger partial charge in [0.05, 0.1) is 61.4 Å². The molecule has 2 aliphatic rings. The molecule has 1 fully saturated rings. The number of carboxylic acid groups (broad SMARTS) is 1. The number of carbonyl (C=O) groups is 2. The Balaban J connectivity index is 0.689. The van der Waals surface area contributed by atoms with E-state index in [4.69, 9.17) is 30.5 Å². The highest BCUT2D eigenvalue weighted by molar-refractivity contribution is 7.92. The number of anilines is 3. The third-order valence-electron chi connectivity index (χ3n) is 14.6. The normalized spacial score (nSPS) is 16.0. The molecule has 0 aliphatic carbocycles. The lowest BCUT2D eigenvalue weighted by atomic mass is 9.86. The lowest BCUT2D eigenvalue weighted by Crippen LogP contribution is -2.47. The van der Waals surface area contributed by atoms with E-state index in [9.17, 15) is 31.5 Å². The first-order valence-electron chi connectivity index (χ1n) is 27.5. The van der Waals surface area contributed by atoms with E-state index in [1.165, 1.54) is 21.3 Å². The van der Waals surface area contributed by atoms with Gasteiger partial charge in [-0.1, -0.05) is 71.4 Å². The van der Waals surface area contributed by atoms with Crippen molar-refractivity contribution in [1.29, 1.82) is 0 Å². The number of rotatable bonds is 25. The fourth-order valence-corrected chi connectivity index (χ4v) is 13.0. The van der Waals surface area contributed by atoms with Crippen molar-refractivity contribution in [3.8, 4) is 11.5 Å². The first kappa shape index (κ1) is 60.3. The summed E-state index contributed by atoms with van der Waals surface area (Å²) in [5, 5.41) is 24.3. The van der Waals surface area contributed by atoms with Crippen LogP contribution in [0.4, 0.5) is 17.2 Å². The van der Waals surface area contributed by atoms with Crippen molar-refractivity contribution in [1.82, 2.24) is 39.5 Å². The second-order valence-electron chi connectivity index (χ2n) is 20.8. The number of sulfone groups is 1. The molecule has 21 nitrogen and oxygen atoms in total. The van der Waals surface area contributed by atoms with Crippen molar-refractivity contribution in [2.24, 2.45) is 7.05 Å². The van der Waals surface area contributed by atoms with Crippen LogP contribution in [0.1, 0.15) is 66.8 Å². The Morgan fingerprint density at radius 3 is 2.40 bits per heavy atom. The summed E-state index contributed by atoms with van der Waals surface area (Å²) < 4.78 is 80.5. The molecule has 0 saturated carbocycles. The van der Waals surface area contributed by atoms with Gasteiger partial charge in [-0.05, 0) is 104 Å². The fourth-order valence-electron chi connectivity index (χ4n) is 10.0. The van der Waals surface area contributed by atoms with Crippen molar-refractivity contribution >= 4 is 71.6 Å². The standard InChI is InChI=1S/C59H69ClN10O11S2/c1-39(2)82(74,75)53-12-8-6-10-49(53)63-59-48(60)35-62-55(64-59)30-42-15-18-46(19-16-42)69-23-21-68(22-24-69)25-27-79-29-28-78-26-20-61-56(71)38-80-52-33-44(32-50-58(52)67(5)66-65-50)47(34-57(72)73)43-17-14-40(3)45(31-43)37-70-36-41(4)81-51-11-7-9-13-54(51)83(70,76)77/h6-19,31-33,35,39,41,47H,20-30,34,36-38H2,1-5H3,(H,61,71)(H,72,73)(H,62,63,64). The van der Waals surface area contributed by atoms with Gasteiger partial charge in [0.2, 0.25) is 10.0 Å². The minimum atomic E-state index is -3.93. The Morgan fingerprint density at radius 2 is 1.64 bits per heavy atom. The van der Waals surface area contributed by atoms with E-state index in [0.29, 0.717) is 82.8 Å². The molecule has 1 saturated heterocycles. The van der Waals surface area contributed by atoms with Gasteiger partial charge in [0.25, 0.3) is 5.91 Å². The van der Waals surface area contributed by atoms with Gasteiger partial charge in [-0.3, -0.25) is 14.5 Å². The molecule has 2 aliphatic heterocycles. The third kappa shape index (κ3) is 14.9. The zero-order valence-corrected chi connectivity index (χ0v) is 49.4. The Morgan fingerprint density at radius 1 is 0.904 bits per heavy atom. The van der Waals surface area contributed by atoms with Crippen LogP contribution in [-0.4, -0.2) is 158 Å². The number of para-hydroxylation sites is 2. The minimum absolute atomic E-state index is 0.0422. The lowest BCUT2D eigenvalue weighted by molar-refractivity contribution is -0.137. The summed E-state index contributed by atoms with van der Waals surface area (Å²) in [6.07, 6.45) is 1.28. The average Bonchev–Trinajstić information content (AvgIpc) is 4.02. The third-order valence-corrected chi connectivity index (χ3v) is 18.9. The smallest absolute Gasteiger partial charge is 0.304 e. The molecule has 0 radical (unpaired) electrons. The molecule has 0 bridgehead atoms. The summed E-state index contributed by atoms with van der Waals surface area (Å²) >= 11 is 6.46. The highest BCUT2D eigenvalue weighted by Crippen LogP contribution is 2.38. The molecular weight excluding hydrogens is 1120 g/mol. The first-order chi connectivity index (χ1) is 39.8. The number of fused-ring (bicyclic) bond motifs is 2. The predicted octanol–water partition coefficient (Wildman–Crippen LogP) is 7.17.